The minimum Gasteiger partial charge on any atom is -0.448 e. The molecule has 0 saturated carbocycles. The van der Waals surface area contributed by atoms with Crippen molar-refractivity contribution in [2.24, 2.45) is 0 Å². The molecule has 0 aromatic carbocycles. The van der Waals surface area contributed by atoms with E-state index in [1.54, 1.807) is 16.7 Å². The highest BCUT2D eigenvalue weighted by Gasteiger charge is 2.28. The van der Waals surface area contributed by atoms with Gasteiger partial charge in [0.25, 0.3) is 11.8 Å². The molecule has 9 heteroatoms. The number of thiazole rings is 1. The number of aromatic nitrogens is 3. The summed E-state index contributed by atoms with van der Waals surface area (Å²) in [5, 5.41) is 1.92. The van der Waals surface area contributed by atoms with Gasteiger partial charge in [-0.25, -0.2) is 9.97 Å². The topological polar surface area (TPSA) is 84.0 Å². The van der Waals surface area contributed by atoms with Gasteiger partial charge in [-0.3, -0.25) is 14.0 Å². The number of nitrogens with zero attached hydrogens (tertiary/aromatic N) is 5. The number of imidazole rings is 1. The molecule has 4 heterocycles. The number of fused-ring (bicyclic) bond motifs is 1. The van der Waals surface area contributed by atoms with Crippen LogP contribution in [0.4, 0.5) is 0 Å². The maximum absolute atomic E-state index is 13.0. The van der Waals surface area contributed by atoms with Gasteiger partial charge in [0, 0.05) is 37.8 Å². The molecule has 0 N–H and O–H groups in total. The van der Waals surface area contributed by atoms with E-state index in [-0.39, 0.29) is 11.8 Å². The zero-order valence-corrected chi connectivity index (χ0v) is 15.5. The first-order chi connectivity index (χ1) is 12.6. The lowest BCUT2D eigenvalue weighted by Crippen LogP contribution is -2.38. The summed E-state index contributed by atoms with van der Waals surface area (Å²) in [4.78, 5) is 38.5. The number of hydrogen-bond donors (Lipinski definition) is 0. The van der Waals surface area contributed by atoms with Gasteiger partial charge in [-0.1, -0.05) is 0 Å². The van der Waals surface area contributed by atoms with Crippen LogP contribution in [0.5, 0.6) is 0 Å². The van der Waals surface area contributed by atoms with E-state index in [2.05, 4.69) is 9.97 Å². The van der Waals surface area contributed by atoms with Crippen molar-refractivity contribution in [1.29, 1.82) is 0 Å². The second-order valence-corrected chi connectivity index (χ2v) is 7.17. The zero-order chi connectivity index (χ0) is 18.3. The van der Waals surface area contributed by atoms with Gasteiger partial charge in [0.05, 0.1) is 5.69 Å². The first kappa shape index (κ1) is 16.8. The van der Waals surface area contributed by atoms with Gasteiger partial charge >= 0.3 is 0 Å². The summed E-state index contributed by atoms with van der Waals surface area (Å²) in [6, 6.07) is 0. The van der Waals surface area contributed by atoms with Gasteiger partial charge in [0.1, 0.15) is 11.5 Å². The van der Waals surface area contributed by atoms with Crippen LogP contribution in [0, 0.1) is 13.8 Å². The van der Waals surface area contributed by atoms with Gasteiger partial charge in [0.15, 0.2) is 17.0 Å². The fourth-order valence-electron chi connectivity index (χ4n) is 3.29. The van der Waals surface area contributed by atoms with Gasteiger partial charge in [-0.2, -0.15) is 0 Å². The molecule has 1 fully saturated rings. The van der Waals surface area contributed by atoms with E-state index in [4.69, 9.17) is 4.42 Å². The Hall–Kier alpha value is -2.68. The summed E-state index contributed by atoms with van der Waals surface area (Å²) < 4.78 is 6.97. The van der Waals surface area contributed by atoms with Crippen LogP contribution in [0.15, 0.2) is 22.4 Å². The van der Waals surface area contributed by atoms with E-state index in [0.29, 0.717) is 43.3 Å². The third-order valence-corrected chi connectivity index (χ3v) is 5.41. The Kier molecular flexibility index (Phi) is 4.23. The molecule has 2 amide bonds. The summed E-state index contributed by atoms with van der Waals surface area (Å²) in [5.74, 6) is 0.327. The van der Waals surface area contributed by atoms with Gasteiger partial charge in [-0.15, -0.1) is 11.3 Å². The molecule has 3 aromatic rings. The normalized spacial score (nSPS) is 15.5. The molecule has 0 bridgehead atoms. The van der Waals surface area contributed by atoms with Crippen molar-refractivity contribution >= 4 is 28.1 Å². The Morgan fingerprint density at radius 3 is 2.54 bits per heavy atom. The molecular formula is C17H19N5O3S. The van der Waals surface area contributed by atoms with E-state index < -0.39 is 0 Å². The van der Waals surface area contributed by atoms with Crippen molar-refractivity contribution in [2.75, 3.05) is 26.2 Å². The van der Waals surface area contributed by atoms with E-state index in [1.807, 2.05) is 22.9 Å². The van der Waals surface area contributed by atoms with Crippen molar-refractivity contribution in [3.8, 4) is 0 Å². The van der Waals surface area contributed by atoms with E-state index >= 15 is 0 Å². The molecule has 1 aliphatic rings. The van der Waals surface area contributed by atoms with Crippen LogP contribution in [0.25, 0.3) is 4.96 Å². The van der Waals surface area contributed by atoms with Crippen LogP contribution in [-0.2, 0) is 0 Å². The SMILES string of the molecule is Cc1nc2sccn2c1C(=O)N1CCCN(C(=O)c2ncoc2C)CC1. The lowest BCUT2D eigenvalue weighted by Gasteiger charge is -2.21. The summed E-state index contributed by atoms with van der Waals surface area (Å²) in [6.07, 6.45) is 3.87. The molecule has 0 spiro atoms. The fourth-order valence-corrected chi connectivity index (χ4v) is 4.05. The highest BCUT2D eigenvalue weighted by atomic mass is 32.1. The lowest BCUT2D eigenvalue weighted by molar-refractivity contribution is 0.0711. The molecule has 0 unspecified atom stereocenters. The van der Waals surface area contributed by atoms with Crippen LogP contribution in [0.3, 0.4) is 0 Å². The van der Waals surface area contributed by atoms with Crippen molar-refractivity contribution in [3.63, 3.8) is 0 Å². The second-order valence-electron chi connectivity index (χ2n) is 6.30. The maximum Gasteiger partial charge on any atom is 0.276 e. The average Bonchev–Trinajstić information content (AvgIpc) is 3.24. The number of oxazole rings is 1. The minimum atomic E-state index is -0.147. The van der Waals surface area contributed by atoms with Crippen molar-refractivity contribution < 1.29 is 14.0 Å². The predicted octanol–water partition coefficient (Wildman–Crippen LogP) is 1.99. The molecule has 136 valence electrons. The highest BCUT2D eigenvalue weighted by molar-refractivity contribution is 7.15. The third-order valence-electron chi connectivity index (χ3n) is 4.66. The smallest absolute Gasteiger partial charge is 0.276 e. The fraction of sp³-hybridized carbons (Fsp3) is 0.412. The van der Waals surface area contributed by atoms with E-state index in [0.717, 1.165) is 17.1 Å². The molecule has 1 aliphatic heterocycles. The first-order valence-corrected chi connectivity index (χ1v) is 9.35. The molecule has 8 nitrogen and oxygen atoms in total. The summed E-state index contributed by atoms with van der Waals surface area (Å²) in [5.41, 5.74) is 1.68. The number of hydrogen-bond acceptors (Lipinski definition) is 6. The predicted molar refractivity (Wildman–Crippen MR) is 95.5 cm³/mol. The molecular weight excluding hydrogens is 354 g/mol. The Morgan fingerprint density at radius 2 is 1.85 bits per heavy atom. The number of carbonyl (C=O) groups is 2. The van der Waals surface area contributed by atoms with Gasteiger partial charge in [0.2, 0.25) is 0 Å². The molecule has 26 heavy (non-hydrogen) atoms. The van der Waals surface area contributed by atoms with Crippen LogP contribution in [0.2, 0.25) is 0 Å². The Morgan fingerprint density at radius 1 is 1.12 bits per heavy atom. The standard InChI is InChI=1S/C17H19N5O3S/c1-11-14(22-8-9-26-17(22)19-11)16(24)21-5-3-4-20(6-7-21)15(23)13-12(2)25-10-18-13/h8-10H,3-7H2,1-2H3. The lowest BCUT2D eigenvalue weighted by atomic mass is 10.3. The van der Waals surface area contributed by atoms with Crippen molar-refractivity contribution in [2.45, 2.75) is 20.3 Å². The highest BCUT2D eigenvalue weighted by Crippen LogP contribution is 2.19. The van der Waals surface area contributed by atoms with E-state index in [9.17, 15) is 9.59 Å². The molecule has 3 aromatic heterocycles. The molecule has 0 aliphatic carbocycles. The maximum atomic E-state index is 13.0. The number of aryl methyl sites for hydroxylation is 2. The molecule has 0 radical (unpaired) electrons. The Labute approximate surface area is 154 Å². The number of amides is 2. The summed E-state index contributed by atoms with van der Waals surface area (Å²) >= 11 is 1.51. The summed E-state index contributed by atoms with van der Waals surface area (Å²) in [7, 11) is 0. The van der Waals surface area contributed by atoms with Crippen LogP contribution < -0.4 is 0 Å². The molecule has 4 rings (SSSR count). The third kappa shape index (κ3) is 2.78. The number of carbonyl (C=O) groups excluding carboxylic acids is 2. The van der Waals surface area contributed by atoms with Gasteiger partial charge < -0.3 is 14.2 Å². The number of rotatable bonds is 2. The molecule has 1 saturated heterocycles. The van der Waals surface area contributed by atoms with E-state index in [1.165, 1.54) is 17.7 Å². The quantitative estimate of drug-likeness (QED) is 0.686. The Bertz CT molecular complexity index is 972. The minimum absolute atomic E-state index is 0.0414. The Balaban J connectivity index is 1.51. The summed E-state index contributed by atoms with van der Waals surface area (Å²) in [6.45, 7) is 5.74. The average molecular weight is 373 g/mol. The monoisotopic (exact) mass is 373 g/mol. The van der Waals surface area contributed by atoms with Crippen molar-refractivity contribution in [3.05, 3.63) is 40.8 Å². The van der Waals surface area contributed by atoms with Crippen LogP contribution in [-0.4, -0.2) is 62.2 Å². The van der Waals surface area contributed by atoms with Crippen LogP contribution >= 0.6 is 11.3 Å². The van der Waals surface area contributed by atoms with Gasteiger partial charge in [-0.05, 0) is 20.3 Å². The zero-order valence-electron chi connectivity index (χ0n) is 14.6. The largest absolute Gasteiger partial charge is 0.448 e. The van der Waals surface area contributed by atoms with Crippen LogP contribution in [0.1, 0.15) is 38.9 Å². The van der Waals surface area contributed by atoms with Crippen molar-refractivity contribution in [1.82, 2.24) is 24.2 Å². The molecule has 0 atom stereocenters. The first-order valence-electron chi connectivity index (χ1n) is 8.47. The second kappa shape index (κ2) is 6.56.